The molecule has 0 unspecified atom stereocenters. The van der Waals surface area contributed by atoms with Gasteiger partial charge in [-0.3, -0.25) is 14.4 Å². The van der Waals surface area contributed by atoms with E-state index in [1.54, 1.807) is 6.20 Å². The van der Waals surface area contributed by atoms with E-state index in [-0.39, 0.29) is 24.7 Å². The van der Waals surface area contributed by atoms with E-state index < -0.39 is 12.0 Å². The summed E-state index contributed by atoms with van der Waals surface area (Å²) < 4.78 is 6.35. The van der Waals surface area contributed by atoms with Gasteiger partial charge in [-0.25, -0.2) is 0 Å². The lowest BCUT2D eigenvalue weighted by Crippen LogP contribution is -2.32. The Hall–Kier alpha value is -3.25. The number of Topliss-reactive ketones (excluding diaryl/α,β-unsaturated/α-hetero) is 1. The summed E-state index contributed by atoms with van der Waals surface area (Å²) in [5.74, 6) is -0.881. The van der Waals surface area contributed by atoms with Crippen molar-refractivity contribution in [1.29, 1.82) is 0 Å². The van der Waals surface area contributed by atoms with Crippen LogP contribution in [0.15, 0.2) is 54.7 Å². The van der Waals surface area contributed by atoms with Gasteiger partial charge in [-0.2, -0.15) is 0 Å². The molecule has 6 heteroatoms. The Labute approximate surface area is 178 Å². The van der Waals surface area contributed by atoms with Crippen LogP contribution in [-0.4, -0.2) is 29.2 Å². The Kier molecular flexibility index (Phi) is 5.50. The Balaban J connectivity index is 1.46. The van der Waals surface area contributed by atoms with Crippen molar-refractivity contribution in [3.63, 3.8) is 0 Å². The number of ether oxygens (including phenoxy) is 1. The summed E-state index contributed by atoms with van der Waals surface area (Å²) >= 11 is 1.41. The SMILES string of the molecule is CC(=O)N1C=Cc2ccccc2[C@@H]1CC(=O)OCC(=O)c1sc2ccccc2c1C. The predicted octanol–water partition coefficient (Wildman–Crippen LogP) is 4.90. The molecule has 2 heterocycles. The van der Waals surface area contributed by atoms with Crippen LogP contribution < -0.4 is 0 Å². The Bertz CT molecular complexity index is 1180. The lowest BCUT2D eigenvalue weighted by molar-refractivity contribution is -0.144. The molecule has 0 bridgehead atoms. The van der Waals surface area contributed by atoms with Crippen LogP contribution in [0.4, 0.5) is 0 Å². The third kappa shape index (κ3) is 3.78. The summed E-state index contributed by atoms with van der Waals surface area (Å²) in [5, 5.41) is 1.04. The minimum Gasteiger partial charge on any atom is -0.457 e. The molecule has 0 N–H and O–H groups in total. The summed E-state index contributed by atoms with van der Waals surface area (Å²) in [6, 6.07) is 15.0. The van der Waals surface area contributed by atoms with E-state index in [1.807, 2.05) is 61.5 Å². The highest BCUT2D eigenvalue weighted by molar-refractivity contribution is 7.21. The fraction of sp³-hybridized carbons (Fsp3) is 0.208. The Morgan fingerprint density at radius 1 is 1.07 bits per heavy atom. The first-order valence-electron chi connectivity index (χ1n) is 9.68. The van der Waals surface area contributed by atoms with Crippen molar-refractivity contribution in [3.05, 3.63) is 76.3 Å². The molecule has 0 radical (unpaired) electrons. The highest BCUT2D eigenvalue weighted by Gasteiger charge is 2.29. The van der Waals surface area contributed by atoms with Gasteiger partial charge in [-0.15, -0.1) is 11.3 Å². The Morgan fingerprint density at radius 3 is 2.57 bits per heavy atom. The third-order valence-corrected chi connectivity index (χ3v) is 6.60. The third-order valence-electron chi connectivity index (χ3n) is 5.29. The molecule has 30 heavy (non-hydrogen) atoms. The molecule has 4 rings (SSSR count). The minimum atomic E-state index is -0.511. The number of esters is 1. The molecule has 152 valence electrons. The maximum atomic E-state index is 12.7. The fourth-order valence-electron chi connectivity index (χ4n) is 3.78. The fourth-order valence-corrected chi connectivity index (χ4v) is 4.92. The molecule has 1 aliphatic heterocycles. The molecule has 0 saturated heterocycles. The van der Waals surface area contributed by atoms with Crippen LogP contribution in [0.5, 0.6) is 0 Å². The minimum absolute atomic E-state index is 0.0143. The van der Waals surface area contributed by atoms with E-state index >= 15 is 0 Å². The quantitative estimate of drug-likeness (QED) is 0.436. The zero-order valence-electron chi connectivity index (χ0n) is 16.8. The number of rotatable bonds is 5. The number of hydrogen-bond acceptors (Lipinski definition) is 5. The second-order valence-corrected chi connectivity index (χ2v) is 8.28. The number of carbonyl (C=O) groups excluding carboxylic acids is 3. The average Bonchev–Trinajstić information content (AvgIpc) is 3.09. The van der Waals surface area contributed by atoms with Crippen molar-refractivity contribution in [2.75, 3.05) is 6.61 Å². The summed E-state index contributed by atoms with van der Waals surface area (Å²) in [6.45, 7) is 3.06. The van der Waals surface area contributed by atoms with Crippen molar-refractivity contribution >= 4 is 45.2 Å². The van der Waals surface area contributed by atoms with E-state index in [1.165, 1.54) is 23.2 Å². The summed E-state index contributed by atoms with van der Waals surface area (Å²) in [4.78, 5) is 39.4. The van der Waals surface area contributed by atoms with E-state index in [2.05, 4.69) is 0 Å². The van der Waals surface area contributed by atoms with Crippen LogP contribution >= 0.6 is 11.3 Å². The maximum absolute atomic E-state index is 12.7. The normalized spacial score (nSPS) is 15.1. The lowest BCUT2D eigenvalue weighted by Gasteiger charge is -2.32. The zero-order valence-corrected chi connectivity index (χ0v) is 17.6. The van der Waals surface area contributed by atoms with Gasteiger partial charge in [0.15, 0.2) is 6.61 Å². The van der Waals surface area contributed by atoms with Crippen molar-refractivity contribution < 1.29 is 19.1 Å². The molecule has 0 saturated carbocycles. The van der Waals surface area contributed by atoms with Crippen LogP contribution in [0.25, 0.3) is 16.2 Å². The largest absolute Gasteiger partial charge is 0.457 e. The molecule has 3 aromatic rings. The van der Waals surface area contributed by atoms with Crippen LogP contribution in [-0.2, 0) is 14.3 Å². The van der Waals surface area contributed by atoms with Gasteiger partial charge in [0.1, 0.15) is 0 Å². The molecule has 1 amide bonds. The lowest BCUT2D eigenvalue weighted by atomic mass is 9.94. The number of hydrogen-bond donors (Lipinski definition) is 0. The van der Waals surface area contributed by atoms with Crippen LogP contribution in [0.1, 0.15) is 45.7 Å². The van der Waals surface area contributed by atoms with E-state index in [9.17, 15) is 14.4 Å². The molecule has 1 aliphatic rings. The number of amides is 1. The first kappa shape index (κ1) is 20.0. The number of fused-ring (bicyclic) bond motifs is 2. The maximum Gasteiger partial charge on any atom is 0.308 e. The van der Waals surface area contributed by atoms with Gasteiger partial charge in [0.05, 0.1) is 17.3 Å². The van der Waals surface area contributed by atoms with Gasteiger partial charge in [-0.05, 0) is 41.1 Å². The molecule has 2 aromatic carbocycles. The van der Waals surface area contributed by atoms with Gasteiger partial charge in [-0.1, -0.05) is 42.5 Å². The molecular formula is C24H21NO4S. The van der Waals surface area contributed by atoms with Gasteiger partial charge >= 0.3 is 5.97 Å². The second-order valence-electron chi connectivity index (χ2n) is 7.23. The van der Waals surface area contributed by atoms with Gasteiger partial charge in [0.25, 0.3) is 0 Å². The number of nitrogens with zero attached hydrogens (tertiary/aromatic N) is 1. The number of aryl methyl sites for hydroxylation is 1. The molecule has 5 nitrogen and oxygen atoms in total. The van der Waals surface area contributed by atoms with Crippen molar-refractivity contribution in [2.24, 2.45) is 0 Å². The summed E-state index contributed by atoms with van der Waals surface area (Å²) in [7, 11) is 0. The van der Waals surface area contributed by atoms with Crippen molar-refractivity contribution in [1.82, 2.24) is 4.90 Å². The van der Waals surface area contributed by atoms with Crippen LogP contribution in [0, 0.1) is 6.92 Å². The van der Waals surface area contributed by atoms with Crippen LogP contribution in [0.2, 0.25) is 0 Å². The number of thiophene rings is 1. The zero-order chi connectivity index (χ0) is 21.3. The van der Waals surface area contributed by atoms with E-state index in [4.69, 9.17) is 4.74 Å². The molecule has 0 aliphatic carbocycles. The Morgan fingerprint density at radius 2 is 1.80 bits per heavy atom. The topological polar surface area (TPSA) is 63.7 Å². The van der Waals surface area contributed by atoms with Crippen molar-refractivity contribution in [2.45, 2.75) is 26.3 Å². The predicted molar refractivity (Wildman–Crippen MR) is 117 cm³/mol. The van der Waals surface area contributed by atoms with Gasteiger partial charge in [0.2, 0.25) is 11.7 Å². The standard InChI is InChI=1S/C24H21NO4S/c1-15-18-8-5-6-10-22(18)30-24(15)21(27)14-29-23(28)13-20-19-9-4-3-7-17(19)11-12-25(20)16(2)26/h3-12,20H,13-14H2,1-2H3/t20-/m0/s1. The number of carbonyl (C=O) groups is 3. The first-order valence-corrected chi connectivity index (χ1v) is 10.5. The first-order chi connectivity index (χ1) is 14.5. The molecule has 0 spiro atoms. The smallest absolute Gasteiger partial charge is 0.308 e. The van der Waals surface area contributed by atoms with E-state index in [0.29, 0.717) is 4.88 Å². The molecule has 0 fully saturated rings. The molecule has 1 aromatic heterocycles. The van der Waals surface area contributed by atoms with Crippen molar-refractivity contribution in [3.8, 4) is 0 Å². The highest BCUT2D eigenvalue weighted by Crippen LogP contribution is 2.33. The second kappa shape index (κ2) is 8.24. The number of ketones is 1. The average molecular weight is 420 g/mol. The molecular weight excluding hydrogens is 398 g/mol. The number of benzene rings is 2. The monoisotopic (exact) mass is 419 g/mol. The van der Waals surface area contributed by atoms with Gasteiger partial charge < -0.3 is 9.64 Å². The highest BCUT2D eigenvalue weighted by atomic mass is 32.1. The summed E-state index contributed by atoms with van der Waals surface area (Å²) in [6.07, 6.45) is 3.53. The van der Waals surface area contributed by atoms with Gasteiger partial charge in [0, 0.05) is 17.8 Å². The molecule has 1 atom stereocenters. The van der Waals surface area contributed by atoms with Crippen LogP contribution in [0.3, 0.4) is 0 Å². The van der Waals surface area contributed by atoms with E-state index in [0.717, 1.165) is 26.8 Å². The summed E-state index contributed by atoms with van der Waals surface area (Å²) in [5.41, 5.74) is 2.76.